The van der Waals surface area contributed by atoms with E-state index in [-0.39, 0.29) is 0 Å². The monoisotopic (exact) mass is 368 g/mol. The van der Waals surface area contributed by atoms with Crippen LogP contribution >= 0.6 is 63.7 Å². The van der Waals surface area contributed by atoms with Crippen LogP contribution in [-0.4, -0.2) is 0 Å². The van der Waals surface area contributed by atoms with Gasteiger partial charge in [-0.1, -0.05) is 38.4 Å². The standard InChI is InChI=1S/2C2H2Br2/c1-2(3)4;3-1-2-4/h1H2;1-2H/b;2-1-. The summed E-state index contributed by atoms with van der Waals surface area (Å²) in [6.07, 6.45) is 0. The molecule has 0 fully saturated rings. The first-order valence-corrected chi connectivity index (χ1v) is 4.92. The van der Waals surface area contributed by atoms with Gasteiger partial charge in [0.05, 0.1) is 3.39 Å². The molecule has 0 aliphatic rings. The van der Waals surface area contributed by atoms with Crippen molar-refractivity contribution in [2.45, 2.75) is 0 Å². The van der Waals surface area contributed by atoms with Gasteiger partial charge in [0.1, 0.15) is 0 Å². The molecule has 0 aliphatic heterocycles. The molecule has 0 aromatic heterocycles. The molecule has 0 nitrogen and oxygen atoms in total. The average Bonchev–Trinajstić information content (AvgIpc) is 1.65. The van der Waals surface area contributed by atoms with Gasteiger partial charge in [-0.3, -0.25) is 0 Å². The second-order valence-electron chi connectivity index (χ2n) is 0.591. The van der Waals surface area contributed by atoms with Crippen LogP contribution in [0.4, 0.5) is 0 Å². The Hall–Kier alpha value is 1.40. The lowest BCUT2D eigenvalue weighted by atomic mass is 11.3. The summed E-state index contributed by atoms with van der Waals surface area (Å²) in [5.41, 5.74) is 0. The third kappa shape index (κ3) is 52.6. The molecule has 0 aliphatic carbocycles. The summed E-state index contributed by atoms with van der Waals surface area (Å²) in [6, 6.07) is 0. The Morgan fingerprint density at radius 1 is 1.12 bits per heavy atom. The van der Waals surface area contributed by atoms with Gasteiger partial charge in [0.2, 0.25) is 0 Å². The number of hydrogen-bond donors (Lipinski definition) is 0. The highest BCUT2D eigenvalue weighted by Crippen LogP contribution is 2.06. The Morgan fingerprint density at radius 3 is 1.25 bits per heavy atom. The summed E-state index contributed by atoms with van der Waals surface area (Å²) in [5.74, 6) is 0. The molecule has 0 amide bonds. The number of hydrogen-bond acceptors (Lipinski definition) is 0. The highest BCUT2D eigenvalue weighted by Gasteiger charge is 1.58. The van der Waals surface area contributed by atoms with E-state index >= 15 is 0 Å². The van der Waals surface area contributed by atoms with E-state index in [4.69, 9.17) is 0 Å². The van der Waals surface area contributed by atoms with Crippen LogP contribution in [0.25, 0.3) is 0 Å². The van der Waals surface area contributed by atoms with Crippen LogP contribution < -0.4 is 0 Å². The van der Waals surface area contributed by atoms with Gasteiger partial charge in [-0.2, -0.15) is 0 Å². The zero-order valence-electron chi connectivity index (χ0n) is 3.87. The highest BCUT2D eigenvalue weighted by atomic mass is 79.9. The van der Waals surface area contributed by atoms with E-state index in [0.29, 0.717) is 0 Å². The summed E-state index contributed by atoms with van der Waals surface area (Å²) in [7, 11) is 0. The Bertz CT molecular complexity index is 68.1. The molecule has 0 spiro atoms. The zero-order chi connectivity index (χ0) is 6.99. The average molecular weight is 372 g/mol. The van der Waals surface area contributed by atoms with Gasteiger partial charge in [-0.05, 0) is 41.8 Å². The van der Waals surface area contributed by atoms with Crippen molar-refractivity contribution in [2.24, 2.45) is 0 Å². The van der Waals surface area contributed by atoms with Crippen LogP contribution in [0.5, 0.6) is 0 Å². The second-order valence-corrected chi connectivity index (χ2v) is 4.63. The van der Waals surface area contributed by atoms with Crippen LogP contribution in [0.1, 0.15) is 0 Å². The summed E-state index contributed by atoms with van der Waals surface area (Å²) >= 11 is 12.0. The predicted molar refractivity (Wildman–Crippen MR) is 54.0 cm³/mol. The molecule has 0 aromatic rings. The Labute approximate surface area is 82.9 Å². The second kappa shape index (κ2) is 11.2. The van der Waals surface area contributed by atoms with Crippen LogP contribution in [0, 0.1) is 0 Å². The molecule has 0 unspecified atom stereocenters. The number of halogens is 4. The summed E-state index contributed by atoms with van der Waals surface area (Å²) < 4.78 is 0.792. The van der Waals surface area contributed by atoms with Crippen molar-refractivity contribution in [3.8, 4) is 0 Å². The Morgan fingerprint density at radius 2 is 1.25 bits per heavy atom. The first kappa shape index (κ1) is 12.1. The fourth-order valence-electron chi connectivity index (χ4n) is 0. The van der Waals surface area contributed by atoms with Crippen LogP contribution in [0.3, 0.4) is 0 Å². The van der Waals surface area contributed by atoms with E-state index in [1.54, 1.807) is 9.97 Å². The lowest BCUT2D eigenvalue weighted by Gasteiger charge is -1.58. The van der Waals surface area contributed by atoms with Crippen LogP contribution in [-0.2, 0) is 0 Å². The molecule has 0 saturated heterocycles. The van der Waals surface area contributed by atoms with Gasteiger partial charge in [0, 0.05) is 0 Å². The fourth-order valence-corrected chi connectivity index (χ4v) is 0. The molecule has 0 atom stereocenters. The van der Waals surface area contributed by atoms with Gasteiger partial charge < -0.3 is 0 Å². The van der Waals surface area contributed by atoms with Crippen molar-refractivity contribution in [1.82, 2.24) is 0 Å². The first-order chi connectivity index (χ1) is 3.65. The lowest BCUT2D eigenvalue weighted by Crippen LogP contribution is -1.19. The van der Waals surface area contributed by atoms with Crippen molar-refractivity contribution < 1.29 is 0 Å². The highest BCUT2D eigenvalue weighted by molar-refractivity contribution is 9.28. The largest absolute Gasteiger partial charge is 0.0777 e. The van der Waals surface area contributed by atoms with Gasteiger partial charge in [0.25, 0.3) is 0 Å². The van der Waals surface area contributed by atoms with Crippen molar-refractivity contribution in [1.29, 1.82) is 0 Å². The van der Waals surface area contributed by atoms with Crippen LogP contribution in [0.2, 0.25) is 0 Å². The van der Waals surface area contributed by atoms with Gasteiger partial charge >= 0.3 is 0 Å². The molecule has 0 radical (unpaired) electrons. The SMILES string of the molecule is Br/C=C\Br.C=C(Br)Br. The maximum absolute atomic E-state index is 3.39. The van der Waals surface area contributed by atoms with Crippen LogP contribution in [0.15, 0.2) is 19.9 Å². The molecule has 0 saturated carbocycles. The molecule has 0 rings (SSSR count). The maximum atomic E-state index is 3.39. The Kier molecular flexibility index (Phi) is 17.0. The molecule has 0 N–H and O–H groups in total. The van der Waals surface area contributed by atoms with Gasteiger partial charge in [0.15, 0.2) is 0 Å². The van der Waals surface area contributed by atoms with Gasteiger partial charge in [-0.15, -0.1) is 0 Å². The van der Waals surface area contributed by atoms with E-state index in [0.717, 1.165) is 3.39 Å². The molecule has 0 heterocycles. The summed E-state index contributed by atoms with van der Waals surface area (Å²) in [5, 5.41) is 0. The van der Waals surface area contributed by atoms with Crippen molar-refractivity contribution in [2.75, 3.05) is 0 Å². The minimum atomic E-state index is 0.792. The molecular weight excluding hydrogens is 368 g/mol. The maximum Gasteiger partial charge on any atom is 0.0532 e. The Balaban J connectivity index is 0. The van der Waals surface area contributed by atoms with E-state index in [2.05, 4.69) is 70.3 Å². The summed E-state index contributed by atoms with van der Waals surface area (Å²) in [6.45, 7) is 3.39. The minimum Gasteiger partial charge on any atom is -0.0777 e. The zero-order valence-corrected chi connectivity index (χ0v) is 10.2. The molecule has 48 valence electrons. The fraction of sp³-hybridized carbons (Fsp3) is 0. The third-order valence-electron chi connectivity index (χ3n) is 0.0476. The molecule has 0 aromatic carbocycles. The van der Waals surface area contributed by atoms with Crippen molar-refractivity contribution in [3.05, 3.63) is 19.9 Å². The van der Waals surface area contributed by atoms with Crippen molar-refractivity contribution >= 4 is 63.7 Å². The smallest absolute Gasteiger partial charge is 0.0532 e. The van der Waals surface area contributed by atoms with E-state index in [1.165, 1.54) is 0 Å². The van der Waals surface area contributed by atoms with E-state index in [1.807, 2.05) is 0 Å². The predicted octanol–water partition coefficient (Wildman–Crippen LogP) is 4.49. The normalized spacial score (nSPS) is 8.00. The summed E-state index contributed by atoms with van der Waals surface area (Å²) in [4.78, 5) is 3.46. The quantitative estimate of drug-likeness (QED) is 0.588. The van der Waals surface area contributed by atoms with Crippen molar-refractivity contribution in [3.63, 3.8) is 0 Å². The topological polar surface area (TPSA) is 0 Å². The molecular formula is C4H4Br4. The molecule has 0 bridgehead atoms. The van der Waals surface area contributed by atoms with E-state index < -0.39 is 0 Å². The molecule has 8 heavy (non-hydrogen) atoms. The first-order valence-electron chi connectivity index (χ1n) is 1.50. The third-order valence-corrected chi connectivity index (χ3v) is 1.29. The minimum absolute atomic E-state index is 0.792. The van der Waals surface area contributed by atoms with E-state index in [9.17, 15) is 0 Å². The number of rotatable bonds is 0. The lowest BCUT2D eigenvalue weighted by molar-refractivity contribution is 2.63. The molecule has 4 heteroatoms. The van der Waals surface area contributed by atoms with Gasteiger partial charge in [-0.25, -0.2) is 0 Å².